The molecule has 1 heterocycles. The summed E-state index contributed by atoms with van der Waals surface area (Å²) in [4.78, 5) is 26.9. The Morgan fingerprint density at radius 2 is 1.70 bits per heavy atom. The SMILES string of the molecule is COc1ccc(N2C(=O)S/C(=C\c3ccc(C(C)C)cc3)C2=O)c(OC)c1. The van der Waals surface area contributed by atoms with E-state index in [0.29, 0.717) is 28.0 Å². The van der Waals surface area contributed by atoms with E-state index in [-0.39, 0.29) is 11.1 Å². The van der Waals surface area contributed by atoms with E-state index in [1.54, 1.807) is 31.4 Å². The van der Waals surface area contributed by atoms with E-state index in [4.69, 9.17) is 9.47 Å². The van der Waals surface area contributed by atoms with Crippen molar-refractivity contribution in [2.45, 2.75) is 19.8 Å². The number of nitrogens with zero attached hydrogens (tertiary/aromatic N) is 1. The number of rotatable bonds is 5. The fraction of sp³-hybridized carbons (Fsp3) is 0.238. The molecule has 1 fully saturated rings. The third-order valence-corrected chi connectivity index (χ3v) is 5.19. The van der Waals surface area contributed by atoms with Gasteiger partial charge in [-0.2, -0.15) is 0 Å². The molecule has 0 aromatic heterocycles. The molecular formula is C21H21NO4S. The molecule has 2 aromatic rings. The van der Waals surface area contributed by atoms with Crippen LogP contribution in [0.15, 0.2) is 47.4 Å². The number of carbonyl (C=O) groups excluding carboxylic acids is 2. The van der Waals surface area contributed by atoms with Gasteiger partial charge in [-0.25, -0.2) is 4.90 Å². The molecule has 6 heteroatoms. The van der Waals surface area contributed by atoms with Crippen LogP contribution >= 0.6 is 11.8 Å². The maximum absolute atomic E-state index is 12.8. The number of amides is 2. The Morgan fingerprint density at radius 1 is 1.00 bits per heavy atom. The fourth-order valence-electron chi connectivity index (χ4n) is 2.77. The third-order valence-electron chi connectivity index (χ3n) is 4.32. The molecule has 27 heavy (non-hydrogen) atoms. The van der Waals surface area contributed by atoms with Gasteiger partial charge in [-0.05, 0) is 47.0 Å². The van der Waals surface area contributed by atoms with Crippen LogP contribution in [0.1, 0.15) is 30.9 Å². The molecule has 2 aromatic carbocycles. The van der Waals surface area contributed by atoms with Gasteiger partial charge in [0, 0.05) is 6.07 Å². The molecule has 3 rings (SSSR count). The minimum atomic E-state index is -0.360. The molecule has 0 radical (unpaired) electrons. The molecule has 0 N–H and O–H groups in total. The van der Waals surface area contributed by atoms with Gasteiger partial charge in [0.05, 0.1) is 24.8 Å². The van der Waals surface area contributed by atoms with Gasteiger partial charge >= 0.3 is 0 Å². The smallest absolute Gasteiger partial charge is 0.298 e. The number of methoxy groups -OCH3 is 2. The predicted octanol–water partition coefficient (Wildman–Crippen LogP) is 5.07. The summed E-state index contributed by atoms with van der Waals surface area (Å²) in [6.07, 6.45) is 1.74. The second kappa shape index (κ2) is 7.88. The van der Waals surface area contributed by atoms with Gasteiger partial charge < -0.3 is 9.47 Å². The summed E-state index contributed by atoms with van der Waals surface area (Å²) >= 11 is 0.923. The van der Waals surface area contributed by atoms with Gasteiger partial charge in [0.25, 0.3) is 11.1 Å². The van der Waals surface area contributed by atoms with Crippen LogP contribution in [0, 0.1) is 0 Å². The second-order valence-corrected chi connectivity index (χ2v) is 7.37. The first-order chi connectivity index (χ1) is 12.9. The quantitative estimate of drug-likeness (QED) is 0.675. The molecule has 1 saturated heterocycles. The summed E-state index contributed by atoms with van der Waals surface area (Å²) in [5, 5.41) is -0.353. The Bertz CT molecular complexity index is 903. The Labute approximate surface area is 163 Å². The van der Waals surface area contributed by atoms with E-state index in [1.807, 2.05) is 24.3 Å². The van der Waals surface area contributed by atoms with E-state index < -0.39 is 0 Å². The summed E-state index contributed by atoms with van der Waals surface area (Å²) in [7, 11) is 3.03. The third kappa shape index (κ3) is 3.85. The number of thioether (sulfide) groups is 1. The Hall–Kier alpha value is -2.73. The Balaban J connectivity index is 1.91. The van der Waals surface area contributed by atoms with Crippen molar-refractivity contribution in [3.63, 3.8) is 0 Å². The lowest BCUT2D eigenvalue weighted by Crippen LogP contribution is -2.28. The number of hydrogen-bond donors (Lipinski definition) is 0. The van der Waals surface area contributed by atoms with Crippen LogP contribution in [0.25, 0.3) is 6.08 Å². The fourth-order valence-corrected chi connectivity index (χ4v) is 3.61. The molecule has 0 atom stereocenters. The molecule has 0 saturated carbocycles. The molecule has 5 nitrogen and oxygen atoms in total. The monoisotopic (exact) mass is 383 g/mol. The van der Waals surface area contributed by atoms with Crippen molar-refractivity contribution in [1.29, 1.82) is 0 Å². The average molecular weight is 383 g/mol. The number of imide groups is 1. The van der Waals surface area contributed by atoms with Gasteiger partial charge in [-0.1, -0.05) is 38.1 Å². The van der Waals surface area contributed by atoms with Crippen molar-refractivity contribution in [3.05, 3.63) is 58.5 Å². The van der Waals surface area contributed by atoms with Gasteiger partial charge in [0.15, 0.2) is 0 Å². The summed E-state index contributed by atoms with van der Waals surface area (Å²) in [6.45, 7) is 4.26. The van der Waals surface area contributed by atoms with Crippen molar-refractivity contribution in [1.82, 2.24) is 0 Å². The predicted molar refractivity (Wildman–Crippen MR) is 109 cm³/mol. The molecule has 0 bridgehead atoms. The van der Waals surface area contributed by atoms with Crippen LogP contribution in [-0.4, -0.2) is 25.4 Å². The normalized spacial score (nSPS) is 15.7. The summed E-state index contributed by atoms with van der Waals surface area (Å²) in [5.74, 6) is 1.07. The number of anilines is 1. The topological polar surface area (TPSA) is 55.8 Å². The first-order valence-corrected chi connectivity index (χ1v) is 9.36. The van der Waals surface area contributed by atoms with Crippen LogP contribution < -0.4 is 14.4 Å². The molecule has 0 unspecified atom stereocenters. The number of ether oxygens (including phenoxy) is 2. The highest BCUT2D eigenvalue weighted by molar-refractivity contribution is 8.19. The maximum atomic E-state index is 12.8. The van der Waals surface area contributed by atoms with Crippen molar-refractivity contribution in [2.75, 3.05) is 19.1 Å². The first-order valence-electron chi connectivity index (χ1n) is 8.54. The van der Waals surface area contributed by atoms with E-state index in [1.165, 1.54) is 12.7 Å². The molecule has 0 spiro atoms. The zero-order valence-corrected chi connectivity index (χ0v) is 16.5. The standard InChI is InChI=1S/C21H21NO4S/c1-13(2)15-7-5-14(6-8-15)11-19-20(23)22(21(24)27-19)17-10-9-16(25-3)12-18(17)26-4/h5-13H,1-4H3/b19-11-. The van der Waals surface area contributed by atoms with E-state index >= 15 is 0 Å². The minimum Gasteiger partial charge on any atom is -0.497 e. The van der Waals surface area contributed by atoms with Crippen LogP contribution in [0.5, 0.6) is 11.5 Å². The zero-order chi connectivity index (χ0) is 19.6. The lowest BCUT2D eigenvalue weighted by atomic mass is 10.0. The van der Waals surface area contributed by atoms with Gasteiger partial charge in [-0.3, -0.25) is 9.59 Å². The second-order valence-electron chi connectivity index (χ2n) is 6.38. The zero-order valence-electron chi connectivity index (χ0n) is 15.7. The largest absolute Gasteiger partial charge is 0.497 e. The summed E-state index contributed by atoms with van der Waals surface area (Å²) in [6, 6.07) is 13.0. The maximum Gasteiger partial charge on any atom is 0.298 e. The van der Waals surface area contributed by atoms with Crippen molar-refractivity contribution in [3.8, 4) is 11.5 Å². The molecular weight excluding hydrogens is 362 g/mol. The van der Waals surface area contributed by atoms with Crippen LogP contribution in [-0.2, 0) is 4.79 Å². The molecule has 2 amide bonds. The molecule has 1 aliphatic rings. The van der Waals surface area contributed by atoms with Crippen molar-refractivity contribution < 1.29 is 19.1 Å². The highest BCUT2D eigenvalue weighted by atomic mass is 32.2. The summed E-state index contributed by atoms with van der Waals surface area (Å²) in [5.41, 5.74) is 2.51. The minimum absolute atomic E-state index is 0.353. The van der Waals surface area contributed by atoms with E-state index in [0.717, 1.165) is 22.2 Å². The van der Waals surface area contributed by atoms with Gasteiger partial charge in [-0.15, -0.1) is 0 Å². The lowest BCUT2D eigenvalue weighted by molar-refractivity contribution is -0.113. The highest BCUT2D eigenvalue weighted by Gasteiger charge is 2.37. The Kier molecular flexibility index (Phi) is 5.56. The summed E-state index contributed by atoms with van der Waals surface area (Å²) < 4.78 is 10.5. The average Bonchev–Trinajstić information content (AvgIpc) is 2.94. The molecule has 140 valence electrons. The highest BCUT2D eigenvalue weighted by Crippen LogP contribution is 2.41. The lowest BCUT2D eigenvalue weighted by Gasteiger charge is -2.17. The number of hydrogen-bond acceptors (Lipinski definition) is 5. The van der Waals surface area contributed by atoms with Crippen LogP contribution in [0.2, 0.25) is 0 Å². The van der Waals surface area contributed by atoms with Crippen molar-refractivity contribution in [2.24, 2.45) is 0 Å². The van der Waals surface area contributed by atoms with Crippen LogP contribution in [0.4, 0.5) is 10.5 Å². The number of benzene rings is 2. The van der Waals surface area contributed by atoms with Gasteiger partial charge in [0.2, 0.25) is 0 Å². The molecule has 0 aliphatic carbocycles. The van der Waals surface area contributed by atoms with Gasteiger partial charge in [0.1, 0.15) is 11.5 Å². The number of carbonyl (C=O) groups is 2. The molecule has 1 aliphatic heterocycles. The first kappa shape index (κ1) is 19.0. The van der Waals surface area contributed by atoms with E-state index in [2.05, 4.69) is 13.8 Å². The van der Waals surface area contributed by atoms with Crippen molar-refractivity contribution >= 4 is 34.7 Å². The van der Waals surface area contributed by atoms with Crippen LogP contribution in [0.3, 0.4) is 0 Å². The Morgan fingerprint density at radius 3 is 2.30 bits per heavy atom. The van der Waals surface area contributed by atoms with E-state index in [9.17, 15) is 9.59 Å².